The second-order valence-corrected chi connectivity index (χ2v) is 4.16. The second-order valence-electron chi connectivity index (χ2n) is 4.16. The lowest BCUT2D eigenvalue weighted by Gasteiger charge is -2.38. The predicted octanol–water partition coefficient (Wildman–Crippen LogP) is -0.445. The molecule has 2 atom stereocenters. The Balaban J connectivity index is 2.12. The van der Waals surface area contributed by atoms with Crippen molar-refractivity contribution < 1.29 is 14.9 Å². The SMILES string of the molecule is CC1COC(CO)CN1c1cnc(CO)cn1. The molecule has 2 unspecified atom stereocenters. The first-order chi connectivity index (χ1) is 8.24. The van der Waals surface area contributed by atoms with Crippen molar-refractivity contribution in [3.63, 3.8) is 0 Å². The minimum absolute atomic E-state index is 0.00533. The number of anilines is 1. The topological polar surface area (TPSA) is 78.7 Å². The Kier molecular flexibility index (Phi) is 3.88. The molecule has 2 heterocycles. The van der Waals surface area contributed by atoms with E-state index in [1.807, 2.05) is 6.92 Å². The maximum Gasteiger partial charge on any atom is 0.147 e. The Morgan fingerprint density at radius 1 is 1.41 bits per heavy atom. The van der Waals surface area contributed by atoms with Crippen LogP contribution in [-0.2, 0) is 11.3 Å². The van der Waals surface area contributed by atoms with Crippen LogP contribution in [-0.4, -0.2) is 52.1 Å². The number of aliphatic hydroxyl groups excluding tert-OH is 2. The first kappa shape index (κ1) is 12.2. The zero-order valence-electron chi connectivity index (χ0n) is 9.78. The summed E-state index contributed by atoms with van der Waals surface area (Å²) in [5.41, 5.74) is 0.549. The van der Waals surface area contributed by atoms with Crippen LogP contribution in [0.5, 0.6) is 0 Å². The summed E-state index contributed by atoms with van der Waals surface area (Å²) >= 11 is 0. The Morgan fingerprint density at radius 3 is 2.82 bits per heavy atom. The molecule has 1 aromatic rings. The average molecular weight is 239 g/mol. The van der Waals surface area contributed by atoms with Crippen LogP contribution in [0.2, 0.25) is 0 Å². The van der Waals surface area contributed by atoms with Gasteiger partial charge in [-0.15, -0.1) is 0 Å². The van der Waals surface area contributed by atoms with E-state index in [1.165, 1.54) is 0 Å². The van der Waals surface area contributed by atoms with E-state index in [4.69, 9.17) is 14.9 Å². The summed E-state index contributed by atoms with van der Waals surface area (Å²) in [5.74, 6) is 0.747. The number of morpholine rings is 1. The average Bonchev–Trinajstić information content (AvgIpc) is 2.39. The highest BCUT2D eigenvalue weighted by Crippen LogP contribution is 2.18. The molecule has 17 heavy (non-hydrogen) atoms. The lowest BCUT2D eigenvalue weighted by atomic mass is 10.2. The maximum absolute atomic E-state index is 9.10. The van der Waals surface area contributed by atoms with Crippen LogP contribution < -0.4 is 4.90 Å². The first-order valence-electron chi connectivity index (χ1n) is 5.65. The third kappa shape index (κ3) is 2.71. The molecule has 1 fully saturated rings. The van der Waals surface area contributed by atoms with Gasteiger partial charge in [0.15, 0.2) is 0 Å². The monoisotopic (exact) mass is 239 g/mol. The number of nitrogens with zero attached hydrogens (tertiary/aromatic N) is 3. The number of aliphatic hydroxyl groups is 2. The van der Waals surface area contributed by atoms with Gasteiger partial charge in [0.25, 0.3) is 0 Å². The summed E-state index contributed by atoms with van der Waals surface area (Å²) < 4.78 is 5.46. The van der Waals surface area contributed by atoms with Crippen molar-refractivity contribution in [1.29, 1.82) is 0 Å². The molecule has 6 nitrogen and oxygen atoms in total. The van der Waals surface area contributed by atoms with Crippen molar-refractivity contribution in [2.75, 3.05) is 24.7 Å². The molecule has 2 rings (SSSR count). The van der Waals surface area contributed by atoms with Crippen LogP contribution in [0.25, 0.3) is 0 Å². The molecule has 1 saturated heterocycles. The summed E-state index contributed by atoms with van der Waals surface area (Å²) in [5, 5.41) is 18.0. The fourth-order valence-electron chi connectivity index (χ4n) is 1.83. The molecule has 2 N–H and O–H groups in total. The molecular weight excluding hydrogens is 222 g/mol. The first-order valence-corrected chi connectivity index (χ1v) is 5.65. The van der Waals surface area contributed by atoms with E-state index in [2.05, 4.69) is 14.9 Å². The standard InChI is InChI=1S/C11H17N3O3/c1-8-7-17-10(6-16)4-14(8)11-3-12-9(5-15)2-13-11/h2-3,8,10,15-16H,4-7H2,1H3. The van der Waals surface area contributed by atoms with Gasteiger partial charge in [-0.1, -0.05) is 0 Å². The predicted molar refractivity (Wildman–Crippen MR) is 61.6 cm³/mol. The highest BCUT2D eigenvalue weighted by Gasteiger charge is 2.26. The molecule has 0 saturated carbocycles. The van der Waals surface area contributed by atoms with Gasteiger partial charge in [0.05, 0.1) is 50.1 Å². The number of ether oxygens (including phenoxy) is 1. The van der Waals surface area contributed by atoms with Crippen molar-refractivity contribution in [1.82, 2.24) is 9.97 Å². The Bertz CT molecular complexity index is 357. The summed E-state index contributed by atoms with van der Waals surface area (Å²) in [6.07, 6.45) is 3.03. The van der Waals surface area contributed by atoms with E-state index in [0.717, 1.165) is 5.82 Å². The van der Waals surface area contributed by atoms with Crippen LogP contribution in [0.3, 0.4) is 0 Å². The number of hydrogen-bond donors (Lipinski definition) is 2. The molecular formula is C11H17N3O3. The lowest BCUT2D eigenvalue weighted by molar-refractivity contribution is -0.0106. The van der Waals surface area contributed by atoms with Crippen molar-refractivity contribution in [2.24, 2.45) is 0 Å². The van der Waals surface area contributed by atoms with Gasteiger partial charge < -0.3 is 19.8 Å². The normalized spacial score (nSPS) is 25.0. The van der Waals surface area contributed by atoms with E-state index in [1.54, 1.807) is 12.4 Å². The van der Waals surface area contributed by atoms with Gasteiger partial charge in [0, 0.05) is 6.54 Å². The molecule has 1 aliphatic rings. The molecule has 94 valence electrons. The second kappa shape index (κ2) is 5.39. The Morgan fingerprint density at radius 2 is 2.24 bits per heavy atom. The zero-order chi connectivity index (χ0) is 12.3. The number of rotatable bonds is 3. The van der Waals surface area contributed by atoms with Gasteiger partial charge >= 0.3 is 0 Å². The Hall–Kier alpha value is -1.24. The van der Waals surface area contributed by atoms with Crippen LogP contribution >= 0.6 is 0 Å². The van der Waals surface area contributed by atoms with Gasteiger partial charge in [0.1, 0.15) is 5.82 Å². The highest BCUT2D eigenvalue weighted by atomic mass is 16.5. The molecule has 0 aromatic carbocycles. The molecule has 1 aromatic heterocycles. The van der Waals surface area contributed by atoms with Gasteiger partial charge in [-0.3, -0.25) is 4.98 Å². The van der Waals surface area contributed by atoms with Crippen molar-refractivity contribution in [3.05, 3.63) is 18.1 Å². The zero-order valence-corrected chi connectivity index (χ0v) is 9.78. The minimum Gasteiger partial charge on any atom is -0.394 e. The third-order valence-corrected chi connectivity index (χ3v) is 2.86. The smallest absolute Gasteiger partial charge is 0.147 e. The molecule has 0 amide bonds. The summed E-state index contributed by atoms with van der Waals surface area (Å²) in [6, 6.07) is 0.201. The van der Waals surface area contributed by atoms with E-state index in [9.17, 15) is 0 Å². The van der Waals surface area contributed by atoms with Crippen LogP contribution in [0.15, 0.2) is 12.4 Å². The molecule has 0 radical (unpaired) electrons. The fourth-order valence-corrected chi connectivity index (χ4v) is 1.83. The largest absolute Gasteiger partial charge is 0.394 e. The van der Waals surface area contributed by atoms with Crippen LogP contribution in [0, 0.1) is 0 Å². The van der Waals surface area contributed by atoms with Crippen LogP contribution in [0.4, 0.5) is 5.82 Å². The summed E-state index contributed by atoms with van der Waals surface area (Å²) in [6.45, 7) is 3.10. The van der Waals surface area contributed by atoms with Crippen molar-refractivity contribution >= 4 is 5.82 Å². The van der Waals surface area contributed by atoms with Gasteiger partial charge in [-0.2, -0.15) is 0 Å². The van der Waals surface area contributed by atoms with Crippen LogP contribution in [0.1, 0.15) is 12.6 Å². The van der Waals surface area contributed by atoms with Gasteiger partial charge in [-0.05, 0) is 6.92 Å². The minimum atomic E-state index is -0.175. The van der Waals surface area contributed by atoms with E-state index in [-0.39, 0.29) is 25.4 Å². The quantitative estimate of drug-likeness (QED) is 0.744. The number of aromatic nitrogens is 2. The van der Waals surface area contributed by atoms with E-state index >= 15 is 0 Å². The molecule has 1 aliphatic heterocycles. The fraction of sp³-hybridized carbons (Fsp3) is 0.636. The molecule has 0 aliphatic carbocycles. The molecule has 6 heteroatoms. The summed E-state index contributed by atoms with van der Waals surface area (Å²) in [7, 11) is 0. The summed E-state index contributed by atoms with van der Waals surface area (Å²) in [4.78, 5) is 10.4. The third-order valence-electron chi connectivity index (χ3n) is 2.86. The van der Waals surface area contributed by atoms with E-state index in [0.29, 0.717) is 18.8 Å². The van der Waals surface area contributed by atoms with Gasteiger partial charge in [-0.25, -0.2) is 4.98 Å². The molecule has 0 bridgehead atoms. The lowest BCUT2D eigenvalue weighted by Crippen LogP contribution is -2.50. The van der Waals surface area contributed by atoms with Gasteiger partial charge in [0.2, 0.25) is 0 Å². The van der Waals surface area contributed by atoms with Crippen molar-refractivity contribution in [3.8, 4) is 0 Å². The highest BCUT2D eigenvalue weighted by molar-refractivity contribution is 5.38. The van der Waals surface area contributed by atoms with Crippen molar-refractivity contribution in [2.45, 2.75) is 25.7 Å². The Labute approximate surface area is 99.9 Å². The number of hydrogen-bond acceptors (Lipinski definition) is 6. The van der Waals surface area contributed by atoms with E-state index < -0.39 is 0 Å². The maximum atomic E-state index is 9.10. The molecule has 0 spiro atoms.